The van der Waals surface area contributed by atoms with Crippen LogP contribution in [0.15, 0.2) is 6.20 Å². The monoisotopic (exact) mass is 294 g/mol. The van der Waals surface area contributed by atoms with Gasteiger partial charge in [0.15, 0.2) is 0 Å². The summed E-state index contributed by atoms with van der Waals surface area (Å²) < 4.78 is 11.1. The SMILES string of the molecule is Cc1[nH]ncc1CNC[C@H]([C@@H]1CCOC1)N1CCOCC1. The number of ether oxygens (including phenoxy) is 2. The minimum atomic E-state index is 0.545. The van der Waals surface area contributed by atoms with Crippen LogP contribution in [0.2, 0.25) is 0 Å². The smallest absolute Gasteiger partial charge is 0.0594 e. The highest BCUT2D eigenvalue weighted by Gasteiger charge is 2.31. The van der Waals surface area contributed by atoms with Crippen molar-refractivity contribution in [3.8, 4) is 0 Å². The van der Waals surface area contributed by atoms with Crippen molar-refractivity contribution in [2.45, 2.75) is 25.9 Å². The molecule has 3 rings (SSSR count). The number of hydrogen-bond donors (Lipinski definition) is 2. The van der Waals surface area contributed by atoms with Gasteiger partial charge >= 0.3 is 0 Å². The first-order valence-corrected chi connectivity index (χ1v) is 7.93. The third-order valence-electron chi connectivity index (χ3n) is 4.63. The quantitative estimate of drug-likeness (QED) is 0.802. The molecule has 1 aromatic rings. The first-order valence-electron chi connectivity index (χ1n) is 7.93. The molecule has 0 unspecified atom stereocenters. The lowest BCUT2D eigenvalue weighted by atomic mass is 9.97. The molecule has 2 atom stereocenters. The molecular weight excluding hydrogens is 268 g/mol. The van der Waals surface area contributed by atoms with Crippen molar-refractivity contribution < 1.29 is 9.47 Å². The normalized spacial score (nSPS) is 25.3. The number of aromatic nitrogens is 2. The second-order valence-electron chi connectivity index (χ2n) is 5.99. The molecule has 2 aliphatic heterocycles. The summed E-state index contributed by atoms with van der Waals surface area (Å²) in [4.78, 5) is 2.57. The van der Waals surface area contributed by atoms with Gasteiger partial charge in [0, 0.05) is 56.0 Å². The van der Waals surface area contributed by atoms with Crippen LogP contribution in [0, 0.1) is 12.8 Å². The van der Waals surface area contributed by atoms with Crippen molar-refractivity contribution in [1.29, 1.82) is 0 Å². The van der Waals surface area contributed by atoms with Crippen molar-refractivity contribution >= 4 is 0 Å². The molecule has 0 amide bonds. The maximum Gasteiger partial charge on any atom is 0.0594 e. The van der Waals surface area contributed by atoms with Gasteiger partial charge in [0.05, 0.1) is 26.0 Å². The molecule has 2 aliphatic rings. The fraction of sp³-hybridized carbons (Fsp3) is 0.800. The van der Waals surface area contributed by atoms with E-state index >= 15 is 0 Å². The topological polar surface area (TPSA) is 62.4 Å². The molecule has 2 saturated heterocycles. The molecule has 0 spiro atoms. The molecule has 1 aromatic heterocycles. The Balaban J connectivity index is 1.55. The van der Waals surface area contributed by atoms with Crippen LogP contribution in [-0.2, 0) is 16.0 Å². The van der Waals surface area contributed by atoms with Crippen LogP contribution < -0.4 is 5.32 Å². The number of aromatic amines is 1. The average molecular weight is 294 g/mol. The Morgan fingerprint density at radius 3 is 2.90 bits per heavy atom. The highest BCUT2D eigenvalue weighted by molar-refractivity contribution is 5.13. The Morgan fingerprint density at radius 2 is 2.24 bits per heavy atom. The zero-order valence-corrected chi connectivity index (χ0v) is 12.8. The minimum Gasteiger partial charge on any atom is -0.381 e. The number of aryl methyl sites for hydroxylation is 1. The molecule has 21 heavy (non-hydrogen) atoms. The Bertz CT molecular complexity index is 425. The largest absolute Gasteiger partial charge is 0.381 e. The highest BCUT2D eigenvalue weighted by Crippen LogP contribution is 2.22. The lowest BCUT2D eigenvalue weighted by molar-refractivity contribution is 0.00137. The van der Waals surface area contributed by atoms with Crippen molar-refractivity contribution in [2.75, 3.05) is 46.1 Å². The van der Waals surface area contributed by atoms with Gasteiger partial charge in [-0.1, -0.05) is 0 Å². The molecule has 0 bridgehead atoms. The van der Waals surface area contributed by atoms with Crippen molar-refractivity contribution in [3.63, 3.8) is 0 Å². The van der Waals surface area contributed by atoms with Crippen LogP contribution in [-0.4, -0.2) is 67.2 Å². The Morgan fingerprint density at radius 1 is 1.38 bits per heavy atom. The van der Waals surface area contributed by atoms with Gasteiger partial charge in [0.1, 0.15) is 0 Å². The summed E-state index contributed by atoms with van der Waals surface area (Å²) >= 11 is 0. The summed E-state index contributed by atoms with van der Waals surface area (Å²) in [5, 5.41) is 10.7. The van der Waals surface area contributed by atoms with Gasteiger partial charge in [-0.05, 0) is 13.3 Å². The molecule has 2 N–H and O–H groups in total. The Hall–Kier alpha value is -0.950. The molecule has 0 aliphatic carbocycles. The van der Waals surface area contributed by atoms with Crippen molar-refractivity contribution in [1.82, 2.24) is 20.4 Å². The second kappa shape index (κ2) is 7.35. The lowest BCUT2D eigenvalue weighted by Gasteiger charge is -2.37. The maximum absolute atomic E-state index is 5.60. The molecule has 118 valence electrons. The zero-order valence-electron chi connectivity index (χ0n) is 12.8. The van der Waals surface area contributed by atoms with E-state index in [0.29, 0.717) is 12.0 Å². The number of morpholine rings is 1. The fourth-order valence-electron chi connectivity index (χ4n) is 3.27. The van der Waals surface area contributed by atoms with Crippen LogP contribution in [0.1, 0.15) is 17.7 Å². The fourth-order valence-corrected chi connectivity index (χ4v) is 3.27. The first-order chi connectivity index (χ1) is 10.3. The predicted octanol–water partition coefficient (Wildman–Crippen LogP) is 0.545. The van der Waals surface area contributed by atoms with Gasteiger partial charge in [0.25, 0.3) is 0 Å². The van der Waals surface area contributed by atoms with E-state index in [1.54, 1.807) is 0 Å². The van der Waals surface area contributed by atoms with E-state index in [2.05, 4.69) is 27.3 Å². The maximum atomic E-state index is 5.60. The average Bonchev–Trinajstić information content (AvgIpc) is 3.17. The number of nitrogens with zero attached hydrogens (tertiary/aromatic N) is 2. The summed E-state index contributed by atoms with van der Waals surface area (Å²) in [6, 6.07) is 0.545. The molecular formula is C15H26N4O2. The lowest BCUT2D eigenvalue weighted by Crippen LogP contribution is -2.51. The van der Waals surface area contributed by atoms with Crippen LogP contribution in [0.4, 0.5) is 0 Å². The third kappa shape index (κ3) is 3.83. The van der Waals surface area contributed by atoms with Gasteiger partial charge in [-0.25, -0.2) is 0 Å². The van der Waals surface area contributed by atoms with Gasteiger partial charge in [-0.3, -0.25) is 10.00 Å². The molecule has 0 radical (unpaired) electrons. The van der Waals surface area contributed by atoms with E-state index in [1.165, 1.54) is 12.0 Å². The van der Waals surface area contributed by atoms with Crippen LogP contribution in [0.25, 0.3) is 0 Å². The third-order valence-corrected chi connectivity index (χ3v) is 4.63. The first kappa shape index (κ1) is 15.0. The molecule has 6 heteroatoms. The van der Waals surface area contributed by atoms with E-state index in [-0.39, 0.29) is 0 Å². The Kier molecular flexibility index (Phi) is 5.24. The molecule has 2 fully saturated rings. The van der Waals surface area contributed by atoms with E-state index < -0.39 is 0 Å². The van der Waals surface area contributed by atoms with Crippen molar-refractivity contribution in [2.24, 2.45) is 5.92 Å². The van der Waals surface area contributed by atoms with Crippen LogP contribution in [0.5, 0.6) is 0 Å². The predicted molar refractivity (Wildman–Crippen MR) is 80.1 cm³/mol. The minimum absolute atomic E-state index is 0.545. The molecule has 0 aromatic carbocycles. The number of H-pyrrole nitrogens is 1. The number of nitrogens with one attached hydrogen (secondary N) is 2. The van der Waals surface area contributed by atoms with Gasteiger partial charge in [-0.15, -0.1) is 0 Å². The van der Waals surface area contributed by atoms with Crippen LogP contribution in [0.3, 0.4) is 0 Å². The highest BCUT2D eigenvalue weighted by atomic mass is 16.5. The zero-order chi connectivity index (χ0) is 14.5. The summed E-state index contributed by atoms with van der Waals surface area (Å²) in [5.74, 6) is 0.640. The molecule has 6 nitrogen and oxygen atoms in total. The van der Waals surface area contributed by atoms with E-state index in [0.717, 1.165) is 58.3 Å². The van der Waals surface area contributed by atoms with Crippen LogP contribution >= 0.6 is 0 Å². The van der Waals surface area contributed by atoms with E-state index in [1.807, 2.05) is 6.20 Å². The van der Waals surface area contributed by atoms with Gasteiger partial charge in [0.2, 0.25) is 0 Å². The van der Waals surface area contributed by atoms with Gasteiger partial charge < -0.3 is 14.8 Å². The number of hydrogen-bond acceptors (Lipinski definition) is 5. The molecule has 3 heterocycles. The number of rotatable bonds is 6. The Labute approximate surface area is 126 Å². The summed E-state index contributed by atoms with van der Waals surface area (Å²) in [5.41, 5.74) is 2.40. The van der Waals surface area contributed by atoms with Gasteiger partial charge in [-0.2, -0.15) is 5.10 Å². The molecule has 0 saturated carbocycles. The summed E-state index contributed by atoms with van der Waals surface area (Å²) in [7, 11) is 0. The summed E-state index contributed by atoms with van der Waals surface area (Å²) in [6.07, 6.45) is 3.08. The standard InChI is InChI=1S/C15H26N4O2/c1-12-14(9-17-18-12)8-16-10-15(13-2-5-21-11-13)19-3-6-20-7-4-19/h9,13,15-16H,2-8,10-11H2,1H3,(H,17,18)/t13-,15-/m1/s1. The summed E-state index contributed by atoms with van der Waals surface area (Å²) in [6.45, 7) is 9.52. The van der Waals surface area contributed by atoms with E-state index in [4.69, 9.17) is 9.47 Å². The van der Waals surface area contributed by atoms with Crippen molar-refractivity contribution in [3.05, 3.63) is 17.5 Å². The van der Waals surface area contributed by atoms with E-state index in [9.17, 15) is 0 Å². The second-order valence-corrected chi connectivity index (χ2v) is 5.99.